The lowest BCUT2D eigenvalue weighted by molar-refractivity contribution is 0.603. The van der Waals surface area contributed by atoms with Gasteiger partial charge in [-0.05, 0) is 12.1 Å². The van der Waals surface area contributed by atoms with Gasteiger partial charge in [0, 0.05) is 0 Å². The van der Waals surface area contributed by atoms with Crippen LogP contribution in [0.2, 0.25) is 5.02 Å². The highest BCUT2D eigenvalue weighted by Gasteiger charge is 2.11. The Balaban J connectivity index is 3.09. The summed E-state index contributed by atoms with van der Waals surface area (Å²) in [4.78, 5) is 0. The van der Waals surface area contributed by atoms with Gasteiger partial charge in [-0.2, -0.15) is 15.6 Å². The van der Waals surface area contributed by atoms with Gasteiger partial charge in [0.25, 0.3) is 0 Å². The Morgan fingerprint density at radius 1 is 1.25 bits per heavy atom. The first-order valence-corrected chi connectivity index (χ1v) is 4.25. The lowest BCUT2D eigenvalue weighted by atomic mass is 10.3. The van der Waals surface area contributed by atoms with Crippen LogP contribution < -0.4 is 5.43 Å². The van der Waals surface area contributed by atoms with Crippen molar-refractivity contribution < 1.29 is 8.78 Å². The third kappa shape index (κ3) is 2.44. The molecule has 0 radical (unpaired) electrons. The summed E-state index contributed by atoms with van der Waals surface area (Å²) in [5.74, 6) is -1.68. The maximum absolute atomic E-state index is 13.1. The van der Waals surface area contributed by atoms with Crippen LogP contribution in [0.4, 0.5) is 14.5 Å². The number of benzene rings is 1. The van der Waals surface area contributed by atoms with E-state index in [0.717, 1.165) is 12.1 Å². The topological polar surface area (TPSA) is 72.0 Å². The van der Waals surface area contributed by atoms with Crippen molar-refractivity contribution in [1.29, 1.82) is 10.5 Å². The highest BCUT2D eigenvalue weighted by molar-refractivity contribution is 6.33. The van der Waals surface area contributed by atoms with Gasteiger partial charge in [0.1, 0.15) is 34.5 Å². The van der Waals surface area contributed by atoms with E-state index in [2.05, 4.69) is 5.10 Å². The summed E-state index contributed by atoms with van der Waals surface area (Å²) in [6, 6.07) is 4.58. The molecule has 16 heavy (non-hydrogen) atoms. The fourth-order valence-corrected chi connectivity index (χ4v) is 1.01. The van der Waals surface area contributed by atoms with Crippen molar-refractivity contribution in [2.45, 2.75) is 0 Å². The van der Waals surface area contributed by atoms with Gasteiger partial charge < -0.3 is 0 Å². The maximum atomic E-state index is 13.1. The zero-order valence-electron chi connectivity index (χ0n) is 7.63. The molecule has 0 bridgehead atoms. The molecular formula is C9H3ClF2N4. The van der Waals surface area contributed by atoms with Crippen LogP contribution in [0.5, 0.6) is 0 Å². The Labute approximate surface area is 94.4 Å². The van der Waals surface area contributed by atoms with E-state index in [-0.39, 0.29) is 0 Å². The van der Waals surface area contributed by atoms with E-state index >= 15 is 0 Å². The quantitative estimate of drug-likeness (QED) is 0.490. The number of hydrogen-bond acceptors (Lipinski definition) is 4. The van der Waals surface area contributed by atoms with Crippen molar-refractivity contribution in [1.82, 2.24) is 0 Å². The molecule has 0 aliphatic heterocycles. The van der Waals surface area contributed by atoms with Crippen molar-refractivity contribution in [3.05, 3.63) is 28.8 Å². The van der Waals surface area contributed by atoms with Gasteiger partial charge in [0.15, 0.2) is 0 Å². The van der Waals surface area contributed by atoms with Crippen LogP contribution in [0.25, 0.3) is 0 Å². The Kier molecular flexibility index (Phi) is 3.76. The second-order valence-electron chi connectivity index (χ2n) is 2.51. The molecule has 0 aliphatic carbocycles. The molecule has 0 aromatic heterocycles. The van der Waals surface area contributed by atoms with E-state index in [1.165, 1.54) is 12.1 Å². The normalized spacial score (nSPS) is 8.81. The molecule has 1 aromatic rings. The van der Waals surface area contributed by atoms with Crippen molar-refractivity contribution in [2.75, 3.05) is 5.43 Å². The number of nitrogens with one attached hydrogen (secondary N) is 1. The minimum Gasteiger partial charge on any atom is -0.272 e. The smallest absolute Gasteiger partial charge is 0.237 e. The van der Waals surface area contributed by atoms with Gasteiger partial charge in [0.2, 0.25) is 5.71 Å². The first-order valence-electron chi connectivity index (χ1n) is 3.87. The van der Waals surface area contributed by atoms with Crippen LogP contribution in [-0.4, -0.2) is 5.71 Å². The zero-order valence-corrected chi connectivity index (χ0v) is 8.39. The van der Waals surface area contributed by atoms with Gasteiger partial charge in [-0.15, -0.1) is 0 Å². The lowest BCUT2D eigenvalue weighted by Gasteiger charge is -2.04. The molecule has 0 heterocycles. The van der Waals surface area contributed by atoms with Gasteiger partial charge >= 0.3 is 0 Å². The molecule has 0 unspecified atom stereocenters. The summed E-state index contributed by atoms with van der Waals surface area (Å²) >= 11 is 5.46. The molecule has 0 saturated heterocycles. The molecule has 1 aromatic carbocycles. The maximum Gasteiger partial charge on any atom is 0.237 e. The summed E-state index contributed by atoms with van der Waals surface area (Å²) < 4.78 is 26.1. The SMILES string of the molecule is N#CC(C#N)=NNc1c(F)ccc(F)c1Cl. The van der Waals surface area contributed by atoms with Gasteiger partial charge in [-0.3, -0.25) is 5.43 Å². The molecule has 0 saturated carbocycles. The summed E-state index contributed by atoms with van der Waals surface area (Å²) in [6.45, 7) is 0. The third-order valence-electron chi connectivity index (χ3n) is 1.54. The van der Waals surface area contributed by atoms with Crippen molar-refractivity contribution in [3.63, 3.8) is 0 Å². The average molecular weight is 241 g/mol. The van der Waals surface area contributed by atoms with Crippen LogP contribution in [0.1, 0.15) is 0 Å². The van der Waals surface area contributed by atoms with Crippen LogP contribution in [0, 0.1) is 34.3 Å². The zero-order chi connectivity index (χ0) is 12.1. The molecule has 0 aliphatic rings. The van der Waals surface area contributed by atoms with Crippen molar-refractivity contribution >= 4 is 23.0 Å². The number of anilines is 1. The average Bonchev–Trinajstić information content (AvgIpc) is 2.29. The van der Waals surface area contributed by atoms with E-state index in [9.17, 15) is 8.78 Å². The van der Waals surface area contributed by atoms with Gasteiger partial charge in [-0.1, -0.05) is 11.6 Å². The highest BCUT2D eigenvalue weighted by atomic mass is 35.5. The minimum atomic E-state index is -0.842. The Morgan fingerprint density at radius 3 is 2.38 bits per heavy atom. The Hall–Kier alpha value is -2.18. The largest absolute Gasteiger partial charge is 0.272 e. The van der Waals surface area contributed by atoms with Crippen LogP contribution in [0.3, 0.4) is 0 Å². The third-order valence-corrected chi connectivity index (χ3v) is 1.90. The van der Waals surface area contributed by atoms with E-state index in [0.29, 0.717) is 0 Å². The molecule has 80 valence electrons. The number of hydrazone groups is 1. The second-order valence-corrected chi connectivity index (χ2v) is 2.89. The van der Waals surface area contributed by atoms with E-state index in [4.69, 9.17) is 22.1 Å². The van der Waals surface area contributed by atoms with Crippen molar-refractivity contribution in [3.8, 4) is 12.1 Å². The summed E-state index contributed by atoms with van der Waals surface area (Å²) in [5, 5.41) is 19.5. The number of halogens is 3. The number of hydrogen-bond donors (Lipinski definition) is 1. The van der Waals surface area contributed by atoms with Crippen LogP contribution in [-0.2, 0) is 0 Å². The predicted octanol–water partition coefficient (Wildman–Crippen LogP) is 2.43. The summed E-state index contributed by atoms with van der Waals surface area (Å²) in [7, 11) is 0. The lowest BCUT2D eigenvalue weighted by Crippen LogP contribution is -2.00. The van der Waals surface area contributed by atoms with Gasteiger partial charge in [0.05, 0.1) is 0 Å². The Morgan fingerprint density at radius 2 is 1.81 bits per heavy atom. The summed E-state index contributed by atoms with van der Waals surface area (Å²) in [5.41, 5.74) is 1.07. The van der Waals surface area contributed by atoms with Crippen LogP contribution >= 0.6 is 11.6 Å². The monoisotopic (exact) mass is 240 g/mol. The Bertz CT molecular complexity index is 512. The van der Waals surface area contributed by atoms with Crippen molar-refractivity contribution in [2.24, 2.45) is 5.10 Å². The standard InChI is InChI=1S/C9H3ClF2N4/c10-8-6(11)1-2-7(12)9(8)16-15-5(3-13)4-14/h1-2,16H. The molecule has 1 N–H and O–H groups in total. The van der Waals surface area contributed by atoms with Crippen LogP contribution in [0.15, 0.2) is 17.2 Å². The molecule has 4 nitrogen and oxygen atoms in total. The molecule has 0 amide bonds. The molecular weight excluding hydrogens is 238 g/mol. The fourth-order valence-electron chi connectivity index (χ4n) is 0.816. The number of rotatable bonds is 2. The number of nitrogens with zero attached hydrogens (tertiary/aromatic N) is 3. The molecule has 1 rings (SSSR count). The summed E-state index contributed by atoms with van der Waals surface area (Å²) in [6.07, 6.45) is 0. The van der Waals surface area contributed by atoms with E-state index in [1.807, 2.05) is 5.43 Å². The first kappa shape index (κ1) is 11.9. The van der Waals surface area contributed by atoms with E-state index in [1.54, 1.807) is 0 Å². The van der Waals surface area contributed by atoms with Gasteiger partial charge in [-0.25, -0.2) is 8.78 Å². The van der Waals surface area contributed by atoms with E-state index < -0.39 is 28.1 Å². The minimum absolute atomic E-state index is 0.426. The molecule has 0 fully saturated rings. The first-order chi connectivity index (χ1) is 7.60. The molecule has 7 heteroatoms. The second kappa shape index (κ2) is 5.06. The predicted molar refractivity (Wildman–Crippen MR) is 53.7 cm³/mol. The number of nitriles is 2. The molecule has 0 spiro atoms. The highest BCUT2D eigenvalue weighted by Crippen LogP contribution is 2.27. The fraction of sp³-hybridized carbons (Fsp3) is 0. The molecule has 0 atom stereocenters.